The number of nitrogens with zero attached hydrogens (tertiary/aromatic N) is 2. The summed E-state index contributed by atoms with van der Waals surface area (Å²) in [6, 6.07) is 17.7. The van der Waals surface area contributed by atoms with Crippen molar-refractivity contribution in [1.82, 2.24) is 9.97 Å². The largest absolute Gasteiger partial charge is 0.497 e. The summed E-state index contributed by atoms with van der Waals surface area (Å²) in [5, 5.41) is 6.57. The lowest BCUT2D eigenvalue weighted by molar-refractivity contribution is 0.405. The number of nitrogens with one attached hydrogen (secondary N) is 2. The zero-order valence-electron chi connectivity index (χ0n) is 15.1. The maximum atomic E-state index is 5.38. The predicted octanol–water partition coefficient (Wildman–Crippen LogP) is 4.41. The van der Waals surface area contributed by atoms with Crippen molar-refractivity contribution in [2.45, 2.75) is 13.0 Å². The summed E-state index contributed by atoms with van der Waals surface area (Å²) in [7, 11) is 3.24. The van der Waals surface area contributed by atoms with E-state index in [1.807, 2.05) is 42.5 Å². The molecular weight excluding hydrogens is 328 g/mol. The third-order valence-electron chi connectivity index (χ3n) is 3.97. The molecule has 2 aromatic carbocycles. The van der Waals surface area contributed by atoms with Gasteiger partial charge in [0.05, 0.1) is 19.9 Å². The van der Waals surface area contributed by atoms with Gasteiger partial charge in [0.25, 0.3) is 0 Å². The summed E-state index contributed by atoms with van der Waals surface area (Å²) in [4.78, 5) is 8.82. The Morgan fingerprint density at radius 1 is 0.962 bits per heavy atom. The highest BCUT2D eigenvalue weighted by Crippen LogP contribution is 2.30. The van der Waals surface area contributed by atoms with Gasteiger partial charge in [0.1, 0.15) is 17.3 Å². The quantitative estimate of drug-likeness (QED) is 0.658. The summed E-state index contributed by atoms with van der Waals surface area (Å²) in [6.07, 6.45) is 1.71. The summed E-state index contributed by atoms with van der Waals surface area (Å²) in [5.74, 6) is 2.62. The fourth-order valence-corrected chi connectivity index (χ4v) is 2.58. The van der Waals surface area contributed by atoms with Crippen LogP contribution in [0.3, 0.4) is 0 Å². The summed E-state index contributed by atoms with van der Waals surface area (Å²) >= 11 is 0. The maximum Gasteiger partial charge on any atom is 0.229 e. The fourth-order valence-electron chi connectivity index (χ4n) is 2.58. The van der Waals surface area contributed by atoms with E-state index >= 15 is 0 Å². The second-order valence-corrected chi connectivity index (χ2v) is 5.73. The van der Waals surface area contributed by atoms with E-state index in [1.165, 1.54) is 5.56 Å². The first kappa shape index (κ1) is 17.5. The van der Waals surface area contributed by atoms with E-state index in [0.29, 0.717) is 11.7 Å². The molecule has 3 aromatic rings. The Kier molecular flexibility index (Phi) is 5.53. The minimum absolute atomic E-state index is 0.130. The van der Waals surface area contributed by atoms with E-state index in [1.54, 1.807) is 20.4 Å². The Morgan fingerprint density at radius 3 is 2.50 bits per heavy atom. The van der Waals surface area contributed by atoms with Crippen molar-refractivity contribution in [1.29, 1.82) is 0 Å². The van der Waals surface area contributed by atoms with Gasteiger partial charge in [-0.15, -0.1) is 0 Å². The van der Waals surface area contributed by atoms with Crippen LogP contribution in [0.25, 0.3) is 0 Å². The number of ether oxygens (including phenoxy) is 2. The molecule has 1 aromatic heterocycles. The molecule has 0 fully saturated rings. The van der Waals surface area contributed by atoms with Crippen LogP contribution >= 0.6 is 0 Å². The van der Waals surface area contributed by atoms with Crippen LogP contribution < -0.4 is 20.1 Å². The van der Waals surface area contributed by atoms with Gasteiger partial charge in [0, 0.05) is 18.3 Å². The molecule has 2 N–H and O–H groups in total. The zero-order chi connectivity index (χ0) is 18.4. The fraction of sp³-hybridized carbons (Fsp3) is 0.200. The molecule has 0 spiro atoms. The molecule has 0 radical (unpaired) electrons. The third-order valence-corrected chi connectivity index (χ3v) is 3.97. The molecule has 1 unspecified atom stereocenters. The Labute approximate surface area is 153 Å². The number of benzene rings is 2. The normalized spacial score (nSPS) is 11.5. The lowest BCUT2D eigenvalue weighted by Crippen LogP contribution is -2.09. The Balaban J connectivity index is 1.77. The molecule has 1 heterocycles. The Morgan fingerprint density at radius 2 is 1.77 bits per heavy atom. The maximum absolute atomic E-state index is 5.38. The van der Waals surface area contributed by atoms with E-state index < -0.39 is 0 Å². The van der Waals surface area contributed by atoms with E-state index in [-0.39, 0.29) is 6.04 Å². The smallest absolute Gasteiger partial charge is 0.229 e. The highest BCUT2D eigenvalue weighted by molar-refractivity contribution is 5.65. The molecule has 0 saturated heterocycles. The van der Waals surface area contributed by atoms with Gasteiger partial charge in [-0.05, 0) is 30.7 Å². The van der Waals surface area contributed by atoms with Crippen molar-refractivity contribution < 1.29 is 9.47 Å². The van der Waals surface area contributed by atoms with Crippen LogP contribution in [0.4, 0.5) is 17.5 Å². The monoisotopic (exact) mass is 350 g/mol. The van der Waals surface area contributed by atoms with Gasteiger partial charge >= 0.3 is 0 Å². The predicted molar refractivity (Wildman–Crippen MR) is 103 cm³/mol. The minimum Gasteiger partial charge on any atom is -0.497 e. The molecule has 1 atom stereocenters. The van der Waals surface area contributed by atoms with Crippen molar-refractivity contribution in [2.24, 2.45) is 0 Å². The SMILES string of the molecule is COc1ccc(OC)c(Nc2nccc(NC(C)c3ccccc3)n2)c1. The number of methoxy groups -OCH3 is 2. The van der Waals surface area contributed by atoms with Gasteiger partial charge in [-0.25, -0.2) is 4.98 Å². The first-order valence-corrected chi connectivity index (χ1v) is 8.33. The molecule has 0 bridgehead atoms. The Hall–Kier alpha value is -3.28. The van der Waals surface area contributed by atoms with Gasteiger partial charge in [0.2, 0.25) is 5.95 Å². The molecule has 0 saturated carbocycles. The van der Waals surface area contributed by atoms with Crippen LogP contribution in [-0.2, 0) is 0 Å². The van der Waals surface area contributed by atoms with Crippen molar-refractivity contribution in [3.63, 3.8) is 0 Å². The molecule has 0 amide bonds. The lowest BCUT2D eigenvalue weighted by Gasteiger charge is -2.16. The average Bonchev–Trinajstić information content (AvgIpc) is 2.69. The molecule has 3 rings (SSSR count). The molecule has 6 nitrogen and oxygen atoms in total. The van der Waals surface area contributed by atoms with Crippen LogP contribution in [0, 0.1) is 0 Å². The van der Waals surface area contributed by atoms with Crippen LogP contribution in [0.2, 0.25) is 0 Å². The van der Waals surface area contributed by atoms with Crippen LogP contribution in [-0.4, -0.2) is 24.2 Å². The highest BCUT2D eigenvalue weighted by Gasteiger charge is 2.09. The van der Waals surface area contributed by atoms with E-state index in [2.05, 4.69) is 39.7 Å². The van der Waals surface area contributed by atoms with E-state index in [0.717, 1.165) is 17.3 Å². The molecular formula is C20H22N4O2. The van der Waals surface area contributed by atoms with Crippen molar-refractivity contribution in [3.05, 3.63) is 66.4 Å². The van der Waals surface area contributed by atoms with Gasteiger partial charge < -0.3 is 20.1 Å². The van der Waals surface area contributed by atoms with E-state index in [4.69, 9.17) is 9.47 Å². The molecule has 6 heteroatoms. The van der Waals surface area contributed by atoms with Gasteiger partial charge in [-0.3, -0.25) is 0 Å². The average molecular weight is 350 g/mol. The van der Waals surface area contributed by atoms with Crippen LogP contribution in [0.1, 0.15) is 18.5 Å². The van der Waals surface area contributed by atoms with Crippen LogP contribution in [0.5, 0.6) is 11.5 Å². The Bertz CT molecular complexity index is 855. The number of aromatic nitrogens is 2. The van der Waals surface area contributed by atoms with Crippen molar-refractivity contribution in [2.75, 3.05) is 24.9 Å². The van der Waals surface area contributed by atoms with E-state index in [9.17, 15) is 0 Å². The number of hydrogen-bond acceptors (Lipinski definition) is 6. The second-order valence-electron chi connectivity index (χ2n) is 5.73. The molecule has 134 valence electrons. The highest BCUT2D eigenvalue weighted by atomic mass is 16.5. The molecule has 26 heavy (non-hydrogen) atoms. The minimum atomic E-state index is 0.130. The molecule has 0 aliphatic heterocycles. The van der Waals surface area contributed by atoms with Gasteiger partial charge in [-0.1, -0.05) is 30.3 Å². The summed E-state index contributed by atoms with van der Waals surface area (Å²) in [6.45, 7) is 2.09. The lowest BCUT2D eigenvalue weighted by atomic mass is 10.1. The first-order chi connectivity index (χ1) is 12.7. The van der Waals surface area contributed by atoms with Crippen LogP contribution in [0.15, 0.2) is 60.8 Å². The number of anilines is 3. The van der Waals surface area contributed by atoms with Crippen molar-refractivity contribution in [3.8, 4) is 11.5 Å². The van der Waals surface area contributed by atoms with Gasteiger partial charge in [-0.2, -0.15) is 4.98 Å². The standard InChI is InChI=1S/C20H22N4O2/c1-14(15-7-5-4-6-8-15)22-19-11-12-21-20(24-19)23-17-13-16(25-2)9-10-18(17)26-3/h4-14H,1-3H3,(H2,21,22,23,24). The van der Waals surface area contributed by atoms with Crippen molar-refractivity contribution >= 4 is 17.5 Å². The molecule has 0 aliphatic carbocycles. The second kappa shape index (κ2) is 8.20. The first-order valence-electron chi connectivity index (χ1n) is 8.33. The summed E-state index contributed by atoms with van der Waals surface area (Å²) in [5.41, 5.74) is 1.93. The number of hydrogen-bond donors (Lipinski definition) is 2. The van der Waals surface area contributed by atoms with Gasteiger partial charge in [0.15, 0.2) is 0 Å². The summed E-state index contributed by atoms with van der Waals surface area (Å²) < 4.78 is 10.6. The number of rotatable bonds is 7. The molecule has 0 aliphatic rings. The topological polar surface area (TPSA) is 68.3 Å². The third kappa shape index (κ3) is 4.22. The zero-order valence-corrected chi connectivity index (χ0v) is 15.1.